The van der Waals surface area contributed by atoms with Crippen molar-refractivity contribution >= 4 is 34.2 Å². The van der Waals surface area contributed by atoms with Crippen molar-refractivity contribution in [3.63, 3.8) is 0 Å². The van der Waals surface area contributed by atoms with Gasteiger partial charge in [0.25, 0.3) is 0 Å². The van der Waals surface area contributed by atoms with Gasteiger partial charge in [-0.2, -0.15) is 5.56 Å². The summed E-state index contributed by atoms with van der Waals surface area (Å²) in [6.07, 6.45) is 3.86. The van der Waals surface area contributed by atoms with E-state index < -0.39 is 0 Å². The molecule has 1 heterocycles. The van der Waals surface area contributed by atoms with E-state index in [4.69, 9.17) is 0 Å². The summed E-state index contributed by atoms with van der Waals surface area (Å²) >= 11 is 2.13. The molecule has 1 aromatic carbocycles. The summed E-state index contributed by atoms with van der Waals surface area (Å²) in [5.41, 5.74) is 1.69. The van der Waals surface area contributed by atoms with Crippen molar-refractivity contribution in [2.24, 2.45) is 0 Å². The second kappa shape index (κ2) is 6.29. The van der Waals surface area contributed by atoms with Crippen molar-refractivity contribution < 1.29 is 42.6 Å². The topological polar surface area (TPSA) is 40.5 Å². The van der Waals surface area contributed by atoms with E-state index >= 15 is 0 Å². The van der Waals surface area contributed by atoms with Crippen molar-refractivity contribution in [2.45, 2.75) is 10.3 Å². The van der Waals surface area contributed by atoms with Gasteiger partial charge in [0.05, 0.1) is 3.92 Å². The van der Waals surface area contributed by atoms with Crippen LogP contribution in [0, 0.1) is 6.08 Å². The fraction of sp³-hybridized carbons (Fsp3) is 0.250. The van der Waals surface area contributed by atoms with Crippen LogP contribution < -0.4 is 0 Å². The van der Waals surface area contributed by atoms with Gasteiger partial charge in [0.1, 0.15) is 5.75 Å². The number of benzene rings is 1. The van der Waals surface area contributed by atoms with Crippen molar-refractivity contribution in [1.29, 1.82) is 0 Å². The van der Waals surface area contributed by atoms with E-state index in [9.17, 15) is 9.90 Å². The van der Waals surface area contributed by atoms with E-state index in [0.717, 1.165) is 11.3 Å². The Morgan fingerprint density at radius 3 is 2.59 bits per heavy atom. The summed E-state index contributed by atoms with van der Waals surface area (Å²) < 4.78 is -0.0246. The summed E-state index contributed by atoms with van der Waals surface area (Å²) in [6, 6.07) is 6.79. The third-order valence-electron chi connectivity index (χ3n) is 2.52. The molecule has 1 aliphatic rings. The Labute approximate surface area is 139 Å². The fourth-order valence-corrected chi connectivity index (χ4v) is 2.27. The first-order chi connectivity index (χ1) is 7.59. The number of allylic oxidation sites excluding steroid dienone is 1. The molecule has 3 nitrogen and oxygen atoms in total. The molecule has 1 atom stereocenters. The van der Waals surface area contributed by atoms with Gasteiger partial charge in [-0.05, 0) is 12.1 Å². The minimum Gasteiger partial charge on any atom is -0.508 e. The van der Waals surface area contributed by atoms with Gasteiger partial charge in [-0.15, -0.1) is 17.8 Å². The fourth-order valence-electron chi connectivity index (χ4n) is 1.63. The Kier molecular flexibility index (Phi) is 5.60. The number of alkyl halides is 1. The van der Waals surface area contributed by atoms with Crippen LogP contribution in [-0.2, 0) is 37.5 Å². The summed E-state index contributed by atoms with van der Waals surface area (Å²) in [7, 11) is 1.75. The van der Waals surface area contributed by atoms with Crippen LogP contribution >= 0.6 is 22.6 Å². The molecule has 0 saturated carbocycles. The van der Waals surface area contributed by atoms with Crippen LogP contribution in [0.1, 0.15) is 12.0 Å². The number of amides is 1. The van der Waals surface area contributed by atoms with E-state index in [-0.39, 0.29) is 48.3 Å². The van der Waals surface area contributed by atoms with Crippen molar-refractivity contribution in [2.75, 3.05) is 7.05 Å². The molecule has 1 aliphatic heterocycles. The normalized spacial score (nSPS) is 19.6. The Balaban J connectivity index is 0.00000144. The van der Waals surface area contributed by atoms with Crippen molar-refractivity contribution in [1.82, 2.24) is 4.90 Å². The van der Waals surface area contributed by atoms with E-state index in [2.05, 4.69) is 28.7 Å². The molecular weight excluding hydrogens is 406 g/mol. The minimum atomic E-state index is -0.0246. The van der Waals surface area contributed by atoms with Crippen LogP contribution in [0.3, 0.4) is 0 Å². The molecular formula is C12H11INO2Y-. The molecule has 87 valence electrons. The van der Waals surface area contributed by atoms with Crippen LogP contribution in [0.25, 0.3) is 5.70 Å². The van der Waals surface area contributed by atoms with Crippen molar-refractivity contribution in [3.05, 3.63) is 35.9 Å². The van der Waals surface area contributed by atoms with Crippen LogP contribution in [0.5, 0.6) is 5.75 Å². The smallest absolute Gasteiger partial charge is 0.235 e. The number of phenolic OH excluding ortho intramolecular Hbond substituents is 1. The van der Waals surface area contributed by atoms with E-state index in [1.54, 1.807) is 36.2 Å². The zero-order valence-electron chi connectivity index (χ0n) is 9.35. The summed E-state index contributed by atoms with van der Waals surface area (Å²) in [4.78, 5) is 13.4. The molecule has 0 fully saturated rings. The first-order valence-electron chi connectivity index (χ1n) is 4.91. The maximum atomic E-state index is 11.8. The zero-order chi connectivity index (χ0) is 11.7. The number of aromatic hydroxyl groups is 1. The molecule has 0 spiro atoms. The number of halogens is 1. The summed E-state index contributed by atoms with van der Waals surface area (Å²) in [6.45, 7) is 0. The van der Waals surface area contributed by atoms with Gasteiger partial charge in [-0.1, -0.05) is 29.0 Å². The quantitative estimate of drug-likeness (QED) is 0.433. The second-order valence-electron chi connectivity index (χ2n) is 3.64. The maximum absolute atomic E-state index is 11.8. The van der Waals surface area contributed by atoms with E-state index in [1.165, 1.54) is 0 Å². The number of hydrogen-bond acceptors (Lipinski definition) is 2. The monoisotopic (exact) mass is 417 g/mol. The molecule has 5 heteroatoms. The van der Waals surface area contributed by atoms with Gasteiger partial charge in [0.2, 0.25) is 5.91 Å². The standard InChI is InChI=1S/C12H11INO2.Y/c1-14-11(7-6-10(13)12(14)16)8-2-4-9(15)5-3-8;/h2-5,10,15H,6H2,1H3;/q-1;. The van der Waals surface area contributed by atoms with Gasteiger partial charge in [0, 0.05) is 39.8 Å². The molecule has 1 amide bonds. The average Bonchev–Trinajstić information content (AvgIpc) is 2.28. The molecule has 1 aromatic rings. The minimum absolute atomic E-state index is 0. The maximum Gasteiger partial charge on any atom is 0.235 e. The van der Waals surface area contributed by atoms with Crippen molar-refractivity contribution in [3.8, 4) is 5.75 Å². The Hall–Kier alpha value is 0.0639. The number of hydrogen-bond donors (Lipinski definition) is 1. The first kappa shape index (κ1) is 15.1. The van der Waals surface area contributed by atoms with Crippen LogP contribution in [0.2, 0.25) is 0 Å². The molecule has 1 unspecified atom stereocenters. The number of nitrogens with zero attached hydrogens (tertiary/aromatic N) is 1. The van der Waals surface area contributed by atoms with Gasteiger partial charge in [-0.25, -0.2) is 6.08 Å². The number of rotatable bonds is 1. The van der Waals surface area contributed by atoms with Gasteiger partial charge in [0.15, 0.2) is 0 Å². The molecule has 17 heavy (non-hydrogen) atoms. The number of carbonyl (C=O) groups excluding carboxylic acids is 1. The van der Waals surface area contributed by atoms with E-state index in [0.29, 0.717) is 6.42 Å². The van der Waals surface area contributed by atoms with Crippen LogP contribution in [0.4, 0.5) is 0 Å². The van der Waals surface area contributed by atoms with Crippen LogP contribution in [-0.4, -0.2) is 26.9 Å². The third-order valence-corrected chi connectivity index (χ3v) is 3.50. The Morgan fingerprint density at radius 2 is 2.00 bits per heavy atom. The predicted molar refractivity (Wildman–Crippen MR) is 70.0 cm³/mol. The second-order valence-corrected chi connectivity index (χ2v) is 5.14. The summed E-state index contributed by atoms with van der Waals surface area (Å²) in [5.74, 6) is 0.323. The summed E-state index contributed by atoms with van der Waals surface area (Å²) in [5, 5.41) is 9.20. The molecule has 1 N–H and O–H groups in total. The predicted octanol–water partition coefficient (Wildman–Crippen LogP) is 2.20. The SMILES string of the molecule is CN1C(=O)C(I)C[C-]=C1c1ccc(O)cc1.[Y]. The number of phenols is 1. The molecule has 0 bridgehead atoms. The number of carbonyl (C=O) groups is 1. The third kappa shape index (κ3) is 3.29. The first-order valence-corrected chi connectivity index (χ1v) is 6.16. The average molecular weight is 417 g/mol. The Morgan fingerprint density at radius 1 is 1.41 bits per heavy atom. The zero-order valence-corrected chi connectivity index (χ0v) is 14.3. The molecule has 2 rings (SSSR count). The largest absolute Gasteiger partial charge is 0.508 e. The van der Waals surface area contributed by atoms with Gasteiger partial charge in [-0.3, -0.25) is 4.79 Å². The molecule has 1 radical (unpaired) electrons. The Bertz CT molecular complexity index is 444. The van der Waals surface area contributed by atoms with Gasteiger partial charge >= 0.3 is 0 Å². The van der Waals surface area contributed by atoms with Gasteiger partial charge < -0.3 is 10.0 Å². The van der Waals surface area contributed by atoms with Crippen LogP contribution in [0.15, 0.2) is 24.3 Å². The molecule has 0 aromatic heterocycles. The molecule has 0 aliphatic carbocycles. The van der Waals surface area contributed by atoms with E-state index in [1.807, 2.05) is 0 Å². The molecule has 0 saturated heterocycles.